The van der Waals surface area contributed by atoms with Crippen LogP contribution in [0.5, 0.6) is 0 Å². The predicted molar refractivity (Wildman–Crippen MR) is 117 cm³/mol. The fourth-order valence-corrected chi connectivity index (χ4v) is 2.04. The Bertz CT molecular complexity index is 282. The van der Waals surface area contributed by atoms with Crippen LogP contribution >= 0.6 is 0 Å². The monoisotopic (exact) mass is 372 g/mol. The summed E-state index contributed by atoms with van der Waals surface area (Å²) in [4.78, 5) is 14.3. The van der Waals surface area contributed by atoms with Gasteiger partial charge in [-0.05, 0) is 31.4 Å². The Balaban J connectivity index is -0.000000293. The lowest BCUT2D eigenvalue weighted by Crippen LogP contribution is -2.03. The van der Waals surface area contributed by atoms with Gasteiger partial charge < -0.3 is 4.99 Å². The summed E-state index contributed by atoms with van der Waals surface area (Å²) in [5, 5.41) is 0. The molecule has 0 N–H and O–H groups in total. The van der Waals surface area contributed by atoms with Crippen molar-refractivity contribution in [2.24, 2.45) is 27.1 Å². The standard InChI is InChI=1S/C8H17N.C7H15NS.C6H12O/c1-8(2)6-4-5-7-9-3;1-7(2)5-3-4-6-8-9;1-4-6(7)5(2)3/h8H,3-7H2,1-2H3;7H,3-6H2,1-2H3;5H,4H2,1-3H3. The van der Waals surface area contributed by atoms with E-state index in [2.05, 4.69) is 56.2 Å². The minimum Gasteiger partial charge on any atom is -0.301 e. The topological polar surface area (TPSA) is 41.8 Å². The maximum atomic E-state index is 10.5. The average Bonchev–Trinajstić information content (AvgIpc) is 2.55. The van der Waals surface area contributed by atoms with Crippen molar-refractivity contribution in [2.75, 3.05) is 13.1 Å². The van der Waals surface area contributed by atoms with E-state index in [1.165, 1.54) is 38.5 Å². The fraction of sp³-hybridized carbons (Fsp3) is 0.905. The molecular formula is C21H44N2OS. The van der Waals surface area contributed by atoms with E-state index in [1.54, 1.807) is 0 Å². The van der Waals surface area contributed by atoms with Crippen LogP contribution in [0.2, 0.25) is 0 Å². The molecule has 25 heavy (non-hydrogen) atoms. The number of aliphatic imine (C=N–C) groups is 1. The lowest BCUT2D eigenvalue weighted by atomic mass is 10.1. The third kappa shape index (κ3) is 35.4. The highest BCUT2D eigenvalue weighted by Crippen LogP contribution is 2.06. The molecule has 0 aromatic carbocycles. The quantitative estimate of drug-likeness (QED) is 0.283. The van der Waals surface area contributed by atoms with E-state index in [4.69, 9.17) is 0 Å². The first-order valence-electron chi connectivity index (χ1n) is 9.97. The Morgan fingerprint density at radius 1 is 0.880 bits per heavy atom. The van der Waals surface area contributed by atoms with Gasteiger partial charge in [-0.15, -0.1) is 0 Å². The highest BCUT2D eigenvalue weighted by atomic mass is 32.1. The van der Waals surface area contributed by atoms with Crippen molar-refractivity contribution in [3.05, 3.63) is 0 Å². The minimum atomic E-state index is 0.227. The molecule has 0 aliphatic heterocycles. The van der Waals surface area contributed by atoms with Crippen molar-refractivity contribution in [2.45, 2.75) is 93.4 Å². The Labute approximate surface area is 163 Å². The number of nitrogens with zero attached hydrogens (tertiary/aromatic N) is 2. The van der Waals surface area contributed by atoms with Gasteiger partial charge in [-0.2, -0.15) is 0 Å². The van der Waals surface area contributed by atoms with E-state index in [0.717, 1.165) is 24.9 Å². The van der Waals surface area contributed by atoms with E-state index < -0.39 is 0 Å². The molecule has 0 bridgehead atoms. The van der Waals surface area contributed by atoms with Crippen LogP contribution in [-0.4, -0.2) is 25.6 Å². The van der Waals surface area contributed by atoms with Crippen LogP contribution in [0.25, 0.3) is 0 Å². The molecule has 0 aromatic rings. The minimum absolute atomic E-state index is 0.227. The number of carbonyl (C=O) groups is 1. The second-order valence-electron chi connectivity index (χ2n) is 7.55. The van der Waals surface area contributed by atoms with Crippen LogP contribution in [0.15, 0.2) is 9.36 Å². The maximum absolute atomic E-state index is 10.5. The molecule has 0 saturated heterocycles. The second-order valence-corrected chi connectivity index (χ2v) is 7.81. The third-order valence-electron chi connectivity index (χ3n) is 3.62. The molecule has 3 nitrogen and oxygen atoms in total. The first-order valence-corrected chi connectivity index (χ1v) is 10.3. The van der Waals surface area contributed by atoms with Gasteiger partial charge in [-0.3, -0.25) is 4.79 Å². The van der Waals surface area contributed by atoms with Crippen LogP contribution in [0, 0.1) is 17.8 Å². The maximum Gasteiger partial charge on any atom is 0.135 e. The highest BCUT2D eigenvalue weighted by molar-refractivity contribution is 7.47. The molecule has 0 saturated carbocycles. The van der Waals surface area contributed by atoms with E-state index in [-0.39, 0.29) is 5.92 Å². The van der Waals surface area contributed by atoms with Gasteiger partial charge in [-0.25, -0.2) is 4.36 Å². The molecule has 0 aromatic heterocycles. The lowest BCUT2D eigenvalue weighted by molar-refractivity contribution is -0.121. The van der Waals surface area contributed by atoms with Crippen LogP contribution in [-0.2, 0) is 17.2 Å². The zero-order valence-electron chi connectivity index (χ0n) is 18.0. The molecule has 0 amide bonds. The fourth-order valence-electron chi connectivity index (χ4n) is 1.91. The van der Waals surface area contributed by atoms with Crippen molar-refractivity contribution >= 4 is 24.9 Å². The molecule has 150 valence electrons. The number of carbonyl (C=O) groups excluding carboxylic acids is 1. The van der Waals surface area contributed by atoms with Crippen LogP contribution in [0.4, 0.5) is 0 Å². The van der Waals surface area contributed by atoms with Gasteiger partial charge in [0.1, 0.15) is 5.78 Å². The number of Topliss-reactive ketones (excluding diaryl/α,β-unsaturated/α-hetero) is 1. The molecule has 0 aliphatic rings. The largest absolute Gasteiger partial charge is 0.301 e. The average molecular weight is 373 g/mol. The summed E-state index contributed by atoms with van der Waals surface area (Å²) < 4.78 is 3.62. The number of hydrogen-bond acceptors (Lipinski definition) is 4. The van der Waals surface area contributed by atoms with Gasteiger partial charge in [0.05, 0.1) is 6.54 Å². The molecule has 0 unspecified atom stereocenters. The molecule has 4 heteroatoms. The number of ketones is 1. The summed E-state index contributed by atoms with van der Waals surface area (Å²) in [7, 11) is 0. The van der Waals surface area contributed by atoms with E-state index in [9.17, 15) is 4.79 Å². The zero-order valence-corrected chi connectivity index (χ0v) is 18.8. The Kier molecular flexibility index (Phi) is 27.2. The van der Waals surface area contributed by atoms with Crippen molar-refractivity contribution in [3.63, 3.8) is 0 Å². The molecule has 0 heterocycles. The molecule has 0 fully saturated rings. The summed E-state index contributed by atoms with van der Waals surface area (Å²) in [6.45, 7) is 19.9. The van der Waals surface area contributed by atoms with Crippen molar-refractivity contribution in [1.29, 1.82) is 0 Å². The van der Waals surface area contributed by atoms with Gasteiger partial charge >= 0.3 is 0 Å². The number of rotatable bonds is 12. The van der Waals surface area contributed by atoms with Crippen molar-refractivity contribution in [1.82, 2.24) is 0 Å². The zero-order chi connectivity index (χ0) is 20.1. The first kappa shape index (κ1) is 29.1. The molecule has 0 radical (unpaired) electrons. The van der Waals surface area contributed by atoms with Gasteiger partial charge in [0, 0.05) is 31.3 Å². The van der Waals surface area contributed by atoms with Gasteiger partial charge in [0.25, 0.3) is 0 Å². The normalized spacial score (nSPS) is 10.0. The summed E-state index contributed by atoms with van der Waals surface area (Å²) >= 11 is 4.46. The van der Waals surface area contributed by atoms with E-state index in [1.807, 2.05) is 20.8 Å². The van der Waals surface area contributed by atoms with E-state index in [0.29, 0.717) is 12.2 Å². The third-order valence-corrected chi connectivity index (χ3v) is 3.80. The summed E-state index contributed by atoms with van der Waals surface area (Å²) in [6, 6.07) is 0. The molecule has 0 spiro atoms. The lowest BCUT2D eigenvalue weighted by Gasteiger charge is -2.00. The van der Waals surface area contributed by atoms with Gasteiger partial charge in [0.15, 0.2) is 0 Å². The van der Waals surface area contributed by atoms with Crippen LogP contribution in [0.1, 0.15) is 93.4 Å². The summed E-state index contributed by atoms with van der Waals surface area (Å²) in [5.41, 5.74) is 0. The van der Waals surface area contributed by atoms with Crippen LogP contribution in [0.3, 0.4) is 0 Å². The van der Waals surface area contributed by atoms with E-state index >= 15 is 0 Å². The SMILES string of the molecule is C=NCCCCC(C)C.CC(C)CCCCN=S.CCC(=O)C(C)C. The highest BCUT2D eigenvalue weighted by Gasteiger charge is 2.00. The number of unbranched alkanes of at least 4 members (excludes halogenated alkanes) is 2. The predicted octanol–water partition coefficient (Wildman–Crippen LogP) is 6.68. The Morgan fingerprint density at radius 3 is 1.56 bits per heavy atom. The van der Waals surface area contributed by atoms with Gasteiger partial charge in [-0.1, -0.05) is 74.1 Å². The number of hydrogen-bond donors (Lipinski definition) is 0. The van der Waals surface area contributed by atoms with Crippen molar-refractivity contribution in [3.8, 4) is 0 Å². The molecular weight excluding hydrogens is 328 g/mol. The Morgan fingerprint density at radius 2 is 1.32 bits per heavy atom. The van der Waals surface area contributed by atoms with Gasteiger partial charge in [0.2, 0.25) is 0 Å². The molecule has 0 atom stereocenters. The van der Waals surface area contributed by atoms with Crippen LogP contribution < -0.4 is 0 Å². The second kappa shape index (κ2) is 23.4. The molecule has 0 rings (SSSR count). The first-order chi connectivity index (χ1) is 11.7. The Hall–Kier alpha value is -0.640. The molecule has 0 aliphatic carbocycles. The smallest absolute Gasteiger partial charge is 0.135 e. The van der Waals surface area contributed by atoms with Crippen molar-refractivity contribution < 1.29 is 4.79 Å². The summed E-state index contributed by atoms with van der Waals surface area (Å²) in [6.07, 6.45) is 8.27. The summed E-state index contributed by atoms with van der Waals surface area (Å²) in [5.74, 6) is 2.25.